The van der Waals surface area contributed by atoms with Gasteiger partial charge in [0.05, 0.1) is 11.0 Å². The molecule has 1 aliphatic rings. The lowest BCUT2D eigenvalue weighted by Gasteiger charge is -2.39. The van der Waals surface area contributed by atoms with Gasteiger partial charge in [0.2, 0.25) is 5.91 Å². The van der Waals surface area contributed by atoms with E-state index in [0.717, 1.165) is 16.8 Å². The van der Waals surface area contributed by atoms with Crippen LogP contribution in [0.2, 0.25) is 0 Å². The van der Waals surface area contributed by atoms with Crippen molar-refractivity contribution in [3.63, 3.8) is 0 Å². The second kappa shape index (κ2) is 6.79. The number of fused-ring (bicyclic) bond motifs is 1. The molecule has 1 aliphatic heterocycles. The minimum Gasteiger partial charge on any atom is -0.325 e. The number of rotatable bonds is 2. The summed E-state index contributed by atoms with van der Waals surface area (Å²) < 4.78 is 0. The van der Waals surface area contributed by atoms with Crippen LogP contribution >= 0.6 is 0 Å². The average molecular weight is 360 g/mol. The number of carbonyl (C=O) groups excluding carboxylic acids is 2. The largest absolute Gasteiger partial charge is 0.325 e. The number of hydrogen-bond acceptors (Lipinski definition) is 4. The molecule has 0 bridgehead atoms. The van der Waals surface area contributed by atoms with Crippen molar-refractivity contribution in [1.29, 1.82) is 0 Å². The molecule has 1 aromatic heterocycles. The molecule has 3 aromatic rings. The lowest BCUT2D eigenvalue weighted by atomic mass is 10.1. The summed E-state index contributed by atoms with van der Waals surface area (Å²) in [6, 6.07) is 13.0. The first-order valence-electron chi connectivity index (χ1n) is 8.92. The molecule has 0 spiro atoms. The van der Waals surface area contributed by atoms with Crippen molar-refractivity contribution in [3.05, 3.63) is 66.0 Å². The molecule has 2 aromatic carbocycles. The third-order valence-corrected chi connectivity index (χ3v) is 4.91. The summed E-state index contributed by atoms with van der Waals surface area (Å²) in [5.41, 5.74) is 3.94. The number of carbonyl (C=O) groups is 2. The summed E-state index contributed by atoms with van der Waals surface area (Å²) in [5.74, 6) is -0.238. The van der Waals surface area contributed by atoms with Crippen LogP contribution in [0.4, 0.5) is 5.69 Å². The van der Waals surface area contributed by atoms with Gasteiger partial charge in [-0.25, -0.2) is 0 Å². The fourth-order valence-electron chi connectivity index (χ4n) is 3.36. The molecule has 2 heterocycles. The molecule has 2 amide bonds. The number of aryl methyl sites for hydroxylation is 1. The third-order valence-electron chi connectivity index (χ3n) is 4.91. The van der Waals surface area contributed by atoms with Crippen LogP contribution < -0.4 is 4.90 Å². The van der Waals surface area contributed by atoms with Gasteiger partial charge in [-0.15, -0.1) is 0 Å². The summed E-state index contributed by atoms with van der Waals surface area (Å²) in [5, 5.41) is 0. The van der Waals surface area contributed by atoms with E-state index in [0.29, 0.717) is 17.6 Å². The first-order chi connectivity index (χ1) is 13.0. The Morgan fingerprint density at radius 1 is 1.04 bits per heavy atom. The smallest absolute Gasteiger partial charge is 0.254 e. The van der Waals surface area contributed by atoms with Crippen molar-refractivity contribution >= 4 is 28.5 Å². The number of aromatic nitrogens is 2. The molecule has 0 radical (unpaired) electrons. The summed E-state index contributed by atoms with van der Waals surface area (Å²) >= 11 is 0. The molecular weight excluding hydrogens is 340 g/mol. The van der Waals surface area contributed by atoms with Crippen LogP contribution in [0.3, 0.4) is 0 Å². The molecule has 1 saturated heterocycles. The van der Waals surface area contributed by atoms with Crippen molar-refractivity contribution in [3.8, 4) is 0 Å². The molecule has 0 unspecified atom stereocenters. The van der Waals surface area contributed by atoms with Crippen molar-refractivity contribution in [1.82, 2.24) is 14.9 Å². The van der Waals surface area contributed by atoms with Gasteiger partial charge in [-0.2, -0.15) is 0 Å². The molecule has 1 fully saturated rings. The van der Waals surface area contributed by atoms with Gasteiger partial charge >= 0.3 is 0 Å². The van der Waals surface area contributed by atoms with E-state index in [-0.39, 0.29) is 24.4 Å². The molecule has 0 saturated carbocycles. The summed E-state index contributed by atoms with van der Waals surface area (Å²) in [6.45, 7) is 4.51. The maximum Gasteiger partial charge on any atom is 0.254 e. The number of anilines is 1. The fraction of sp³-hybridized carbons (Fsp3) is 0.238. The first-order valence-corrected chi connectivity index (χ1v) is 8.92. The van der Waals surface area contributed by atoms with E-state index in [1.807, 2.05) is 38.1 Å². The van der Waals surface area contributed by atoms with Gasteiger partial charge in [0.15, 0.2) is 0 Å². The molecule has 6 heteroatoms. The Bertz CT molecular complexity index is 1020. The molecule has 0 aliphatic carbocycles. The highest BCUT2D eigenvalue weighted by Crippen LogP contribution is 2.22. The van der Waals surface area contributed by atoms with Crippen LogP contribution in [0, 0.1) is 6.92 Å². The van der Waals surface area contributed by atoms with E-state index >= 15 is 0 Å². The first kappa shape index (κ1) is 17.1. The number of piperazine rings is 1. The summed E-state index contributed by atoms with van der Waals surface area (Å²) in [4.78, 5) is 37.5. The highest BCUT2D eigenvalue weighted by molar-refractivity contribution is 6.03. The van der Waals surface area contributed by atoms with E-state index < -0.39 is 0 Å². The second-order valence-electron chi connectivity index (χ2n) is 6.88. The Hall–Kier alpha value is -3.28. The summed E-state index contributed by atoms with van der Waals surface area (Å²) in [6.07, 6.45) is 3.22. The van der Waals surface area contributed by atoms with Gasteiger partial charge in [0.25, 0.3) is 5.91 Å². The van der Waals surface area contributed by atoms with Crippen molar-refractivity contribution in [2.75, 3.05) is 18.0 Å². The van der Waals surface area contributed by atoms with Gasteiger partial charge in [-0.05, 0) is 44.2 Å². The number of nitrogens with zero attached hydrogens (tertiary/aromatic N) is 4. The third kappa shape index (κ3) is 3.26. The number of hydrogen-bond donors (Lipinski definition) is 0. The Kier molecular flexibility index (Phi) is 4.32. The van der Waals surface area contributed by atoms with Gasteiger partial charge in [-0.1, -0.05) is 17.7 Å². The maximum absolute atomic E-state index is 13.0. The quantitative estimate of drug-likeness (QED) is 0.705. The predicted molar refractivity (Wildman–Crippen MR) is 104 cm³/mol. The fourth-order valence-corrected chi connectivity index (χ4v) is 3.36. The van der Waals surface area contributed by atoms with E-state index in [1.54, 1.807) is 40.4 Å². The highest BCUT2D eigenvalue weighted by atomic mass is 16.2. The Morgan fingerprint density at radius 2 is 1.74 bits per heavy atom. The topological polar surface area (TPSA) is 66.4 Å². The van der Waals surface area contributed by atoms with Crippen molar-refractivity contribution in [2.45, 2.75) is 19.9 Å². The van der Waals surface area contributed by atoms with Crippen molar-refractivity contribution in [2.24, 2.45) is 0 Å². The number of amides is 2. The molecule has 4 rings (SSSR count). The predicted octanol–water partition coefficient (Wildman–Crippen LogP) is 2.82. The van der Waals surface area contributed by atoms with Gasteiger partial charge in [0.1, 0.15) is 6.54 Å². The van der Waals surface area contributed by atoms with Crippen LogP contribution in [0.15, 0.2) is 54.9 Å². The van der Waals surface area contributed by atoms with Gasteiger partial charge in [-0.3, -0.25) is 19.6 Å². The zero-order valence-corrected chi connectivity index (χ0v) is 15.3. The second-order valence-corrected chi connectivity index (χ2v) is 6.88. The van der Waals surface area contributed by atoms with Gasteiger partial charge in [0, 0.05) is 36.2 Å². The Labute approximate surface area is 157 Å². The van der Waals surface area contributed by atoms with Crippen LogP contribution in [-0.4, -0.2) is 45.8 Å². The standard InChI is InChI=1S/C21H20N4O2/c1-14-3-6-17(7-4-14)25-12-15(2)24(13-20(25)26)21(27)16-5-8-18-19(11-16)23-10-9-22-18/h3-11,15H,12-13H2,1-2H3/t15-/m1/s1. The van der Waals surface area contributed by atoms with Crippen LogP contribution in [0.25, 0.3) is 11.0 Å². The minimum atomic E-state index is -0.160. The van der Waals surface area contributed by atoms with E-state index in [1.165, 1.54) is 0 Å². The highest BCUT2D eigenvalue weighted by Gasteiger charge is 2.33. The molecule has 136 valence electrons. The Balaban J connectivity index is 1.56. The molecule has 0 N–H and O–H groups in total. The van der Waals surface area contributed by atoms with E-state index in [9.17, 15) is 9.59 Å². The molecular formula is C21H20N4O2. The minimum absolute atomic E-state index is 0.0619. The maximum atomic E-state index is 13.0. The molecule has 27 heavy (non-hydrogen) atoms. The lowest BCUT2D eigenvalue weighted by Crippen LogP contribution is -2.57. The SMILES string of the molecule is Cc1ccc(N2C[C@@H](C)N(C(=O)c3ccc4nccnc4c3)CC2=O)cc1. The zero-order chi connectivity index (χ0) is 19.0. The van der Waals surface area contributed by atoms with Crippen molar-refractivity contribution < 1.29 is 9.59 Å². The molecule has 1 atom stereocenters. The van der Waals surface area contributed by atoms with Crippen LogP contribution in [0.5, 0.6) is 0 Å². The van der Waals surface area contributed by atoms with E-state index in [4.69, 9.17) is 0 Å². The Morgan fingerprint density at radius 3 is 2.48 bits per heavy atom. The zero-order valence-electron chi connectivity index (χ0n) is 15.3. The lowest BCUT2D eigenvalue weighted by molar-refractivity contribution is -0.121. The van der Waals surface area contributed by atoms with Crippen LogP contribution in [0.1, 0.15) is 22.8 Å². The average Bonchev–Trinajstić information content (AvgIpc) is 2.69. The number of benzene rings is 2. The van der Waals surface area contributed by atoms with Gasteiger partial charge < -0.3 is 9.80 Å². The van der Waals surface area contributed by atoms with Crippen LogP contribution in [-0.2, 0) is 4.79 Å². The summed E-state index contributed by atoms with van der Waals surface area (Å²) in [7, 11) is 0. The monoisotopic (exact) mass is 360 g/mol. The normalized spacial score (nSPS) is 17.4. The molecule has 6 nitrogen and oxygen atoms in total. The van der Waals surface area contributed by atoms with E-state index in [2.05, 4.69) is 9.97 Å².